The van der Waals surface area contributed by atoms with Gasteiger partial charge in [0.15, 0.2) is 0 Å². The van der Waals surface area contributed by atoms with E-state index in [9.17, 15) is 4.79 Å². The summed E-state index contributed by atoms with van der Waals surface area (Å²) in [5, 5.41) is 3.26. The second-order valence-corrected chi connectivity index (χ2v) is 8.08. The summed E-state index contributed by atoms with van der Waals surface area (Å²) in [4.78, 5) is 13.0. The van der Waals surface area contributed by atoms with Crippen LogP contribution in [-0.4, -0.2) is 13.0 Å². The van der Waals surface area contributed by atoms with Gasteiger partial charge in [-0.25, -0.2) is 0 Å². The fraction of sp³-hybridized carbons (Fsp3) is 0.650. The molecule has 0 saturated heterocycles. The Hall–Kier alpha value is -1.35. The van der Waals surface area contributed by atoms with E-state index in [4.69, 9.17) is 4.74 Å². The van der Waals surface area contributed by atoms with Gasteiger partial charge in [0.2, 0.25) is 5.91 Å². The average Bonchev–Trinajstić information content (AvgIpc) is 2.53. The number of ether oxygens (including phenoxy) is 1. The second-order valence-electron chi connectivity index (χ2n) is 8.08. The van der Waals surface area contributed by atoms with Crippen LogP contribution in [0.5, 0.6) is 0 Å². The van der Waals surface area contributed by atoms with Gasteiger partial charge in [0.1, 0.15) is 0 Å². The van der Waals surface area contributed by atoms with Crippen molar-refractivity contribution in [2.45, 2.75) is 51.7 Å². The summed E-state index contributed by atoms with van der Waals surface area (Å²) < 4.78 is 5.26. The predicted molar refractivity (Wildman–Crippen MR) is 89.6 cm³/mol. The average molecular weight is 313 g/mol. The lowest BCUT2D eigenvalue weighted by Gasteiger charge is -2.55. The highest BCUT2D eigenvalue weighted by Gasteiger charge is 2.54. The minimum atomic E-state index is -0.0506. The lowest BCUT2D eigenvalue weighted by atomic mass is 9.49. The van der Waals surface area contributed by atoms with Gasteiger partial charge in [-0.1, -0.05) is 24.3 Å². The van der Waals surface area contributed by atoms with Crippen LogP contribution in [-0.2, 0) is 22.7 Å². The number of carbonyl (C=O) groups excluding carboxylic acids is 1. The molecule has 5 rings (SSSR count). The molecule has 1 aromatic rings. The molecule has 3 nitrogen and oxygen atoms in total. The summed E-state index contributed by atoms with van der Waals surface area (Å²) in [6.45, 7) is 1.23. The Labute approximate surface area is 138 Å². The van der Waals surface area contributed by atoms with Crippen LogP contribution in [0.2, 0.25) is 0 Å². The molecule has 0 heterocycles. The largest absolute Gasteiger partial charge is 0.380 e. The third-order valence-electron chi connectivity index (χ3n) is 6.38. The molecule has 0 atom stereocenters. The van der Waals surface area contributed by atoms with Crippen molar-refractivity contribution in [1.82, 2.24) is 5.32 Å². The SMILES string of the molecule is COCc1ccccc1CNC(=O)C12CC3CC(CC(C3)C1)C2. The van der Waals surface area contributed by atoms with Gasteiger partial charge in [0.05, 0.1) is 6.61 Å². The summed E-state index contributed by atoms with van der Waals surface area (Å²) in [5.74, 6) is 2.75. The third-order valence-corrected chi connectivity index (χ3v) is 6.38. The van der Waals surface area contributed by atoms with Gasteiger partial charge in [0.25, 0.3) is 0 Å². The molecule has 3 heteroatoms. The van der Waals surface area contributed by atoms with Crippen LogP contribution in [0.15, 0.2) is 24.3 Å². The number of benzene rings is 1. The number of nitrogens with one attached hydrogen (secondary N) is 1. The number of hydrogen-bond acceptors (Lipinski definition) is 2. The second kappa shape index (κ2) is 5.94. The summed E-state index contributed by atoms with van der Waals surface area (Å²) in [7, 11) is 1.71. The molecule has 0 aromatic heterocycles. The van der Waals surface area contributed by atoms with Crippen LogP contribution in [0.3, 0.4) is 0 Å². The van der Waals surface area contributed by atoms with E-state index in [2.05, 4.69) is 17.4 Å². The Balaban J connectivity index is 1.45. The van der Waals surface area contributed by atoms with Crippen LogP contribution in [0, 0.1) is 23.2 Å². The molecule has 0 spiro atoms. The van der Waals surface area contributed by atoms with Gasteiger partial charge < -0.3 is 10.1 Å². The van der Waals surface area contributed by atoms with Crippen LogP contribution < -0.4 is 5.32 Å². The van der Waals surface area contributed by atoms with Crippen molar-refractivity contribution in [2.24, 2.45) is 23.2 Å². The topological polar surface area (TPSA) is 38.3 Å². The zero-order valence-corrected chi connectivity index (χ0v) is 14.0. The quantitative estimate of drug-likeness (QED) is 0.901. The van der Waals surface area contributed by atoms with E-state index < -0.39 is 0 Å². The maximum Gasteiger partial charge on any atom is 0.226 e. The summed E-state index contributed by atoms with van der Waals surface area (Å²) in [6.07, 6.45) is 7.52. The van der Waals surface area contributed by atoms with E-state index in [1.165, 1.54) is 30.4 Å². The van der Waals surface area contributed by atoms with E-state index in [0.29, 0.717) is 19.1 Å². The summed E-state index contributed by atoms with van der Waals surface area (Å²) in [6, 6.07) is 8.23. The molecule has 4 saturated carbocycles. The molecule has 0 aliphatic heterocycles. The first-order valence-corrected chi connectivity index (χ1v) is 9.02. The fourth-order valence-corrected chi connectivity index (χ4v) is 5.78. The van der Waals surface area contributed by atoms with Gasteiger partial charge in [-0.3, -0.25) is 4.79 Å². The van der Waals surface area contributed by atoms with Gasteiger partial charge in [0, 0.05) is 19.1 Å². The van der Waals surface area contributed by atoms with Crippen molar-refractivity contribution in [3.8, 4) is 0 Å². The monoisotopic (exact) mass is 313 g/mol. The minimum absolute atomic E-state index is 0.0506. The molecule has 0 radical (unpaired) electrons. The summed E-state index contributed by atoms with van der Waals surface area (Å²) in [5.41, 5.74) is 2.29. The van der Waals surface area contributed by atoms with Crippen molar-refractivity contribution in [3.05, 3.63) is 35.4 Å². The van der Waals surface area contributed by atoms with Gasteiger partial charge >= 0.3 is 0 Å². The van der Waals surface area contributed by atoms with Crippen molar-refractivity contribution in [3.63, 3.8) is 0 Å². The molecule has 1 N–H and O–H groups in total. The number of carbonyl (C=O) groups is 1. The highest BCUT2D eigenvalue weighted by molar-refractivity contribution is 5.83. The lowest BCUT2D eigenvalue weighted by molar-refractivity contribution is -0.146. The van der Waals surface area contributed by atoms with E-state index in [0.717, 1.165) is 37.0 Å². The smallest absolute Gasteiger partial charge is 0.226 e. The molecule has 23 heavy (non-hydrogen) atoms. The zero-order valence-electron chi connectivity index (χ0n) is 14.0. The molecule has 1 aromatic carbocycles. The number of methoxy groups -OCH3 is 1. The van der Waals surface area contributed by atoms with Crippen LogP contribution >= 0.6 is 0 Å². The van der Waals surface area contributed by atoms with E-state index in [1.54, 1.807) is 7.11 Å². The predicted octanol–water partition coefficient (Wildman–Crippen LogP) is 3.67. The number of amides is 1. The van der Waals surface area contributed by atoms with Crippen LogP contribution in [0.25, 0.3) is 0 Å². The Morgan fingerprint density at radius 3 is 2.22 bits per heavy atom. The molecule has 4 fully saturated rings. The van der Waals surface area contributed by atoms with E-state index in [-0.39, 0.29) is 5.41 Å². The van der Waals surface area contributed by atoms with Crippen LogP contribution in [0.4, 0.5) is 0 Å². The van der Waals surface area contributed by atoms with Crippen molar-refractivity contribution in [1.29, 1.82) is 0 Å². The highest BCUT2D eigenvalue weighted by atomic mass is 16.5. The van der Waals surface area contributed by atoms with Crippen molar-refractivity contribution in [2.75, 3.05) is 7.11 Å². The molecule has 0 unspecified atom stereocenters. The first-order valence-electron chi connectivity index (χ1n) is 9.02. The standard InChI is InChI=1S/C20H27NO2/c1-23-13-18-5-3-2-4-17(18)12-21-19(22)20-9-14-6-15(10-20)8-16(7-14)11-20/h2-5,14-16H,6-13H2,1H3,(H,21,22). The minimum Gasteiger partial charge on any atom is -0.380 e. The van der Waals surface area contributed by atoms with E-state index in [1.807, 2.05) is 12.1 Å². The maximum absolute atomic E-state index is 13.0. The molecule has 1 amide bonds. The lowest BCUT2D eigenvalue weighted by Crippen LogP contribution is -2.53. The Morgan fingerprint density at radius 2 is 1.65 bits per heavy atom. The van der Waals surface area contributed by atoms with Gasteiger partial charge in [-0.2, -0.15) is 0 Å². The molecule has 4 aliphatic rings. The Bertz CT molecular complexity index is 560. The van der Waals surface area contributed by atoms with E-state index >= 15 is 0 Å². The Morgan fingerprint density at radius 1 is 1.09 bits per heavy atom. The van der Waals surface area contributed by atoms with Gasteiger partial charge in [-0.05, 0) is 67.4 Å². The molecule has 4 bridgehead atoms. The molecule has 124 valence electrons. The molecular formula is C20H27NO2. The zero-order chi connectivity index (χ0) is 15.9. The molecular weight excluding hydrogens is 286 g/mol. The summed E-state index contributed by atoms with van der Waals surface area (Å²) >= 11 is 0. The molecule has 4 aliphatic carbocycles. The van der Waals surface area contributed by atoms with Crippen molar-refractivity contribution >= 4 is 5.91 Å². The number of rotatable bonds is 5. The maximum atomic E-state index is 13.0. The Kier molecular flexibility index (Phi) is 3.92. The highest BCUT2D eigenvalue weighted by Crippen LogP contribution is 2.60. The van der Waals surface area contributed by atoms with Crippen molar-refractivity contribution < 1.29 is 9.53 Å². The fourth-order valence-electron chi connectivity index (χ4n) is 5.78. The number of hydrogen-bond donors (Lipinski definition) is 1. The first-order chi connectivity index (χ1) is 11.2. The first kappa shape index (κ1) is 15.2. The van der Waals surface area contributed by atoms with Crippen LogP contribution in [0.1, 0.15) is 49.7 Å². The van der Waals surface area contributed by atoms with Gasteiger partial charge in [-0.15, -0.1) is 0 Å². The normalized spacial score (nSPS) is 34.6. The third kappa shape index (κ3) is 2.80.